The first-order chi connectivity index (χ1) is 19.2. The smallest absolute Gasteiger partial charge is 0.312 e. The number of carbonyl (C=O) groups excluding carboxylic acids is 4. The van der Waals surface area contributed by atoms with E-state index in [2.05, 4.69) is 21.3 Å². The van der Waals surface area contributed by atoms with Gasteiger partial charge in [-0.25, -0.2) is 4.79 Å². The summed E-state index contributed by atoms with van der Waals surface area (Å²) in [5.41, 5.74) is 10.3. The van der Waals surface area contributed by atoms with Gasteiger partial charge in [0.25, 0.3) is 0 Å². The van der Waals surface area contributed by atoms with Crippen LogP contribution < -0.4 is 32.7 Å². The minimum absolute atomic E-state index is 0.124. The van der Waals surface area contributed by atoms with Crippen molar-refractivity contribution in [3.05, 3.63) is 29.8 Å². The molecule has 1 aromatic rings. The molecule has 1 fully saturated rings. The summed E-state index contributed by atoms with van der Waals surface area (Å²) in [6.45, 7) is 9.83. The largest absolute Gasteiger partial charge is 0.392 e. The lowest BCUT2D eigenvalue weighted by Gasteiger charge is -2.40. The van der Waals surface area contributed by atoms with Crippen LogP contribution in [0.5, 0.6) is 0 Å². The van der Waals surface area contributed by atoms with Gasteiger partial charge in [0, 0.05) is 29.6 Å². The van der Waals surface area contributed by atoms with Gasteiger partial charge in [0.2, 0.25) is 17.7 Å². The van der Waals surface area contributed by atoms with E-state index >= 15 is 0 Å². The van der Waals surface area contributed by atoms with Gasteiger partial charge in [0.05, 0.1) is 19.8 Å². The molecule has 12 nitrogen and oxygen atoms in total. The summed E-state index contributed by atoms with van der Waals surface area (Å²) in [7, 11) is 0. The third kappa shape index (κ3) is 10.6. The van der Waals surface area contributed by atoms with E-state index in [-0.39, 0.29) is 36.3 Å². The highest BCUT2D eigenvalue weighted by molar-refractivity contribution is 6.07. The molecule has 5 amide bonds. The number of aliphatic hydroxyl groups is 1. The zero-order valence-corrected chi connectivity index (χ0v) is 24.8. The topological polar surface area (TPSA) is 198 Å². The third-order valence-electron chi connectivity index (χ3n) is 7.34. The molecule has 1 aliphatic carbocycles. The van der Waals surface area contributed by atoms with E-state index in [1.807, 2.05) is 27.7 Å². The molecule has 1 aromatic carbocycles. The van der Waals surface area contributed by atoms with Gasteiger partial charge in [-0.1, -0.05) is 46.2 Å². The van der Waals surface area contributed by atoms with Gasteiger partial charge in [-0.05, 0) is 49.9 Å². The van der Waals surface area contributed by atoms with E-state index in [0.29, 0.717) is 56.8 Å². The monoisotopic (exact) mass is 576 g/mol. The normalized spacial score (nSPS) is 15.3. The van der Waals surface area contributed by atoms with Crippen LogP contribution in [0.2, 0.25) is 0 Å². The molecule has 41 heavy (non-hydrogen) atoms. The van der Waals surface area contributed by atoms with E-state index in [9.17, 15) is 24.3 Å². The predicted octanol–water partition coefficient (Wildman–Crippen LogP) is 1.36. The molecular weight excluding hydrogens is 528 g/mol. The van der Waals surface area contributed by atoms with Crippen molar-refractivity contribution in [2.24, 2.45) is 27.7 Å². The van der Waals surface area contributed by atoms with E-state index in [1.165, 1.54) is 0 Å². The second-order valence-electron chi connectivity index (χ2n) is 12.4. The molecule has 0 unspecified atom stereocenters. The molecule has 12 heteroatoms. The number of primary amides is 1. The summed E-state index contributed by atoms with van der Waals surface area (Å²) in [6.07, 6.45) is 2.07. The Labute approximate surface area is 242 Å². The summed E-state index contributed by atoms with van der Waals surface area (Å²) >= 11 is 0. The molecule has 0 bridgehead atoms. The summed E-state index contributed by atoms with van der Waals surface area (Å²) < 4.78 is 5.86. The second-order valence-corrected chi connectivity index (χ2v) is 12.4. The number of aliphatic hydroxyl groups excluding tert-OH is 1. The van der Waals surface area contributed by atoms with Crippen molar-refractivity contribution >= 4 is 29.4 Å². The number of nitrogens with two attached hydrogens (primary N) is 2. The first kappa shape index (κ1) is 34.0. The van der Waals surface area contributed by atoms with Crippen molar-refractivity contribution in [1.82, 2.24) is 16.0 Å². The Morgan fingerprint density at radius 3 is 2.17 bits per heavy atom. The average Bonchev–Trinajstić information content (AvgIpc) is 2.88. The van der Waals surface area contributed by atoms with E-state index < -0.39 is 29.3 Å². The zero-order chi connectivity index (χ0) is 30.7. The highest BCUT2D eigenvalue weighted by Gasteiger charge is 2.51. The maximum absolute atomic E-state index is 13.5. The molecule has 2 rings (SSSR count). The van der Waals surface area contributed by atoms with Crippen LogP contribution in [0.1, 0.15) is 65.4 Å². The molecule has 0 spiro atoms. The van der Waals surface area contributed by atoms with Crippen LogP contribution in [0, 0.1) is 16.2 Å². The Hall–Kier alpha value is -3.22. The van der Waals surface area contributed by atoms with E-state index in [0.717, 1.165) is 6.42 Å². The van der Waals surface area contributed by atoms with Crippen LogP contribution in [0.3, 0.4) is 0 Å². The van der Waals surface area contributed by atoms with Gasteiger partial charge in [-0.15, -0.1) is 0 Å². The number of ether oxygens (including phenoxy) is 1. The van der Waals surface area contributed by atoms with Gasteiger partial charge in [-0.2, -0.15) is 0 Å². The summed E-state index contributed by atoms with van der Waals surface area (Å²) in [4.78, 5) is 51.1. The number of nitrogens with one attached hydrogen (secondary N) is 4. The van der Waals surface area contributed by atoms with Crippen molar-refractivity contribution in [3.8, 4) is 0 Å². The first-order valence-electron chi connectivity index (χ1n) is 14.1. The molecule has 0 heterocycles. The molecule has 0 radical (unpaired) electrons. The summed E-state index contributed by atoms with van der Waals surface area (Å²) in [5.74, 6) is -1.33. The zero-order valence-electron chi connectivity index (χ0n) is 24.8. The van der Waals surface area contributed by atoms with Gasteiger partial charge in [0.15, 0.2) is 0 Å². The van der Waals surface area contributed by atoms with Crippen molar-refractivity contribution in [3.63, 3.8) is 0 Å². The molecule has 9 N–H and O–H groups in total. The van der Waals surface area contributed by atoms with Crippen LogP contribution in [-0.4, -0.2) is 67.7 Å². The molecule has 0 saturated heterocycles. The van der Waals surface area contributed by atoms with Crippen molar-refractivity contribution in [1.29, 1.82) is 0 Å². The Kier molecular flexibility index (Phi) is 12.5. The molecule has 1 atom stereocenters. The quantitative estimate of drug-likeness (QED) is 0.107. The number of hydrogen-bond acceptors (Lipinski definition) is 7. The van der Waals surface area contributed by atoms with Crippen molar-refractivity contribution < 1.29 is 29.0 Å². The number of hydrogen-bond donors (Lipinski definition) is 7. The molecule has 230 valence electrons. The minimum Gasteiger partial charge on any atom is -0.392 e. The van der Waals surface area contributed by atoms with Crippen LogP contribution in [0.4, 0.5) is 10.5 Å². The van der Waals surface area contributed by atoms with Crippen molar-refractivity contribution in [2.45, 2.75) is 72.4 Å². The highest BCUT2D eigenvalue weighted by Crippen LogP contribution is 2.42. The fourth-order valence-electron chi connectivity index (χ4n) is 4.30. The minimum atomic E-state index is -1.26. The van der Waals surface area contributed by atoms with Crippen LogP contribution in [0.25, 0.3) is 0 Å². The average molecular weight is 577 g/mol. The number of rotatable bonds is 17. The lowest BCUT2D eigenvalue weighted by Crippen LogP contribution is -2.59. The highest BCUT2D eigenvalue weighted by atomic mass is 16.5. The molecule has 1 aliphatic rings. The Morgan fingerprint density at radius 1 is 1.00 bits per heavy atom. The summed E-state index contributed by atoms with van der Waals surface area (Å²) in [6, 6.07) is 5.04. The van der Waals surface area contributed by atoms with Crippen LogP contribution in [-0.2, 0) is 25.7 Å². The van der Waals surface area contributed by atoms with E-state index in [1.54, 1.807) is 24.3 Å². The fourth-order valence-corrected chi connectivity index (χ4v) is 4.30. The number of urea groups is 1. The summed E-state index contributed by atoms with van der Waals surface area (Å²) in [5, 5.41) is 20.2. The number of carbonyl (C=O) groups is 4. The Morgan fingerprint density at radius 2 is 1.63 bits per heavy atom. The number of benzene rings is 1. The fraction of sp³-hybridized carbons (Fsp3) is 0.655. The maximum atomic E-state index is 13.5. The maximum Gasteiger partial charge on any atom is 0.312 e. The standard InChI is InChI=1S/C29H48N6O6/c1-27(2,16-30)18-41-19-28(3,4)17-33-24(38)29(12-6-13-29)25(39)35-22(7-5-14-32-26(31)40)23(37)34-21-10-8-20(15-36)9-11-21/h8-11,22,36H,5-7,12-19,30H2,1-4H3,(H,33,38)(H,34,37)(H,35,39)(H3,31,32,40)/t22-/m0/s1. The molecule has 1 saturated carbocycles. The van der Waals surface area contributed by atoms with Gasteiger partial charge >= 0.3 is 6.03 Å². The van der Waals surface area contributed by atoms with Gasteiger partial charge in [-0.3, -0.25) is 14.4 Å². The molecule has 0 aliphatic heterocycles. The SMILES string of the molecule is CC(C)(CN)COCC(C)(C)CNC(=O)C1(C(=O)N[C@@H](CCCNC(N)=O)C(=O)Nc2ccc(CO)cc2)CCC1. The molecule has 0 aromatic heterocycles. The Balaban J connectivity index is 2.04. The van der Waals surface area contributed by atoms with Crippen LogP contribution >= 0.6 is 0 Å². The van der Waals surface area contributed by atoms with Crippen LogP contribution in [0.15, 0.2) is 24.3 Å². The second kappa shape index (κ2) is 15.1. The number of anilines is 1. The molecular formula is C29H48N6O6. The van der Waals surface area contributed by atoms with Gasteiger partial charge in [0.1, 0.15) is 11.5 Å². The van der Waals surface area contributed by atoms with Gasteiger partial charge < -0.3 is 42.6 Å². The lowest BCUT2D eigenvalue weighted by atomic mass is 9.67. The Bertz CT molecular complexity index is 1040. The van der Waals surface area contributed by atoms with Crippen molar-refractivity contribution in [2.75, 3.05) is 38.2 Å². The third-order valence-corrected chi connectivity index (χ3v) is 7.34. The predicted molar refractivity (Wildman–Crippen MR) is 156 cm³/mol. The first-order valence-corrected chi connectivity index (χ1v) is 14.1. The van der Waals surface area contributed by atoms with E-state index in [4.69, 9.17) is 16.2 Å². The lowest BCUT2D eigenvalue weighted by molar-refractivity contribution is -0.151. The number of amides is 5.